The molecule has 0 radical (unpaired) electrons. The van der Waals surface area contributed by atoms with Crippen molar-refractivity contribution >= 4 is 34.8 Å². The number of H-pyrrole nitrogens is 1. The van der Waals surface area contributed by atoms with Crippen molar-refractivity contribution < 1.29 is 0 Å². The summed E-state index contributed by atoms with van der Waals surface area (Å²) in [5, 5.41) is 7.27. The molecule has 0 unspecified atom stereocenters. The van der Waals surface area contributed by atoms with Crippen LogP contribution in [0.3, 0.4) is 0 Å². The lowest BCUT2D eigenvalue weighted by Gasteiger charge is -2.02. The van der Waals surface area contributed by atoms with Gasteiger partial charge in [-0.3, -0.25) is 0 Å². The molecule has 2 heterocycles. The molecule has 1 aromatic carbocycles. The number of hydrogen-bond donors (Lipinski definition) is 3. The van der Waals surface area contributed by atoms with E-state index in [1.54, 1.807) is 36.9 Å². The van der Waals surface area contributed by atoms with Gasteiger partial charge in [0.05, 0.1) is 16.4 Å². The van der Waals surface area contributed by atoms with E-state index in [0.29, 0.717) is 15.7 Å². The summed E-state index contributed by atoms with van der Waals surface area (Å²) in [5.74, 6) is 0.722. The average molecular weight is 298 g/mol. The Balaban J connectivity index is 0.000000224. The normalized spacial score (nSPS) is 13.1. The van der Waals surface area contributed by atoms with Crippen LogP contribution in [0.5, 0.6) is 0 Å². The number of para-hydroxylation sites is 1. The van der Waals surface area contributed by atoms with Crippen LogP contribution < -0.4 is 10.6 Å². The zero-order valence-electron chi connectivity index (χ0n) is 10.0. The second kappa shape index (κ2) is 7.01. The predicted octanol–water partition coefficient (Wildman–Crippen LogP) is 2.58. The maximum Gasteiger partial charge on any atom is 0.196 e. The smallest absolute Gasteiger partial charge is 0.196 e. The summed E-state index contributed by atoms with van der Waals surface area (Å²) < 4.78 is 0. The zero-order valence-corrected chi connectivity index (χ0v) is 11.5. The van der Waals surface area contributed by atoms with Gasteiger partial charge in [0.2, 0.25) is 0 Å². The minimum Gasteiger partial charge on any atom is -0.354 e. The molecule has 19 heavy (non-hydrogen) atoms. The molecule has 7 heteroatoms. The molecule has 1 aliphatic rings. The van der Waals surface area contributed by atoms with Crippen LogP contribution in [0.2, 0.25) is 10.0 Å². The summed E-state index contributed by atoms with van der Waals surface area (Å²) in [6, 6.07) is 5.33. The quantitative estimate of drug-likeness (QED) is 0.758. The van der Waals surface area contributed by atoms with Gasteiger partial charge in [-0.2, -0.15) is 0 Å². The van der Waals surface area contributed by atoms with Crippen molar-refractivity contribution in [1.82, 2.24) is 20.6 Å². The van der Waals surface area contributed by atoms with E-state index in [9.17, 15) is 0 Å². The summed E-state index contributed by atoms with van der Waals surface area (Å²) in [4.78, 5) is 10.7. The molecule has 0 saturated carbocycles. The molecular formula is C12H13Cl2N5. The number of guanidine groups is 1. The molecule has 2 aromatic rings. The topological polar surface area (TPSA) is 65.1 Å². The van der Waals surface area contributed by atoms with Gasteiger partial charge in [-0.25, -0.2) is 9.98 Å². The second-order valence-electron chi connectivity index (χ2n) is 3.64. The van der Waals surface area contributed by atoms with Gasteiger partial charge in [0, 0.05) is 25.5 Å². The van der Waals surface area contributed by atoms with Crippen LogP contribution in [0.4, 0.5) is 5.69 Å². The van der Waals surface area contributed by atoms with Gasteiger partial charge in [-0.15, -0.1) is 0 Å². The van der Waals surface area contributed by atoms with Crippen LogP contribution in [0.25, 0.3) is 0 Å². The Hall–Kier alpha value is -1.72. The summed E-state index contributed by atoms with van der Waals surface area (Å²) in [7, 11) is 0. The highest BCUT2D eigenvalue weighted by Gasteiger charge is 2.08. The van der Waals surface area contributed by atoms with Gasteiger partial charge < -0.3 is 15.6 Å². The zero-order chi connectivity index (χ0) is 13.5. The maximum atomic E-state index is 5.96. The Morgan fingerprint density at radius 2 is 1.79 bits per heavy atom. The molecule has 1 aromatic heterocycles. The van der Waals surface area contributed by atoms with Gasteiger partial charge in [-0.1, -0.05) is 29.3 Å². The number of halogens is 2. The van der Waals surface area contributed by atoms with E-state index >= 15 is 0 Å². The van der Waals surface area contributed by atoms with Crippen LogP contribution in [0.1, 0.15) is 0 Å². The Kier molecular flexibility index (Phi) is 5.06. The summed E-state index contributed by atoms with van der Waals surface area (Å²) in [5.41, 5.74) is 0.604. The van der Waals surface area contributed by atoms with Gasteiger partial charge in [0.25, 0.3) is 0 Å². The van der Waals surface area contributed by atoms with Crippen molar-refractivity contribution in [2.45, 2.75) is 0 Å². The highest BCUT2D eigenvalue weighted by molar-refractivity contribution is 6.38. The highest BCUT2D eigenvalue weighted by atomic mass is 35.5. The molecule has 1 fully saturated rings. The SMILES string of the molecule is Clc1cccc(Cl)c1N=C1NCCN1.c1c[nH]cn1. The molecule has 0 aliphatic carbocycles. The van der Waals surface area contributed by atoms with Crippen LogP contribution in [-0.4, -0.2) is 29.0 Å². The lowest BCUT2D eigenvalue weighted by atomic mass is 10.3. The number of rotatable bonds is 1. The third kappa shape index (κ3) is 4.15. The molecule has 0 spiro atoms. The van der Waals surface area contributed by atoms with Gasteiger partial charge in [0.15, 0.2) is 5.96 Å². The standard InChI is InChI=1S/C9H9Cl2N3.C3H4N2/c10-6-2-1-3-7(11)8(6)14-9-12-4-5-13-9;1-2-5-3-4-1/h1-3H,4-5H2,(H2,12,13,14);1-3H,(H,4,5). The Labute approximate surface area is 121 Å². The molecule has 0 amide bonds. The van der Waals surface area contributed by atoms with E-state index in [2.05, 4.69) is 25.6 Å². The Bertz CT molecular complexity index is 494. The lowest BCUT2D eigenvalue weighted by Crippen LogP contribution is -2.23. The van der Waals surface area contributed by atoms with Crippen LogP contribution in [0, 0.1) is 0 Å². The van der Waals surface area contributed by atoms with Crippen molar-refractivity contribution in [3.63, 3.8) is 0 Å². The van der Waals surface area contributed by atoms with E-state index in [0.717, 1.165) is 19.0 Å². The molecule has 1 aliphatic heterocycles. The molecular weight excluding hydrogens is 285 g/mol. The van der Waals surface area contributed by atoms with E-state index in [4.69, 9.17) is 23.2 Å². The van der Waals surface area contributed by atoms with Crippen molar-refractivity contribution in [2.75, 3.05) is 13.1 Å². The third-order valence-electron chi connectivity index (χ3n) is 2.28. The van der Waals surface area contributed by atoms with Gasteiger partial charge in [-0.05, 0) is 12.1 Å². The third-order valence-corrected chi connectivity index (χ3v) is 2.89. The molecule has 0 atom stereocenters. The van der Waals surface area contributed by atoms with E-state index < -0.39 is 0 Å². The summed E-state index contributed by atoms with van der Waals surface area (Å²) in [6.07, 6.45) is 5.08. The predicted molar refractivity (Wildman–Crippen MR) is 78.2 cm³/mol. The van der Waals surface area contributed by atoms with Crippen molar-refractivity contribution in [2.24, 2.45) is 4.99 Å². The number of aromatic nitrogens is 2. The largest absolute Gasteiger partial charge is 0.354 e. The van der Waals surface area contributed by atoms with Crippen molar-refractivity contribution in [3.05, 3.63) is 47.0 Å². The molecule has 3 rings (SSSR count). The summed E-state index contributed by atoms with van der Waals surface area (Å²) in [6.45, 7) is 1.75. The Morgan fingerprint density at radius 1 is 1.11 bits per heavy atom. The number of nitrogens with zero attached hydrogens (tertiary/aromatic N) is 2. The first-order chi connectivity index (χ1) is 9.27. The monoisotopic (exact) mass is 297 g/mol. The average Bonchev–Trinajstić information content (AvgIpc) is 3.09. The number of imidazole rings is 1. The van der Waals surface area contributed by atoms with Crippen molar-refractivity contribution in [1.29, 1.82) is 0 Å². The number of benzene rings is 1. The van der Waals surface area contributed by atoms with E-state index in [1.807, 2.05) is 0 Å². The fourth-order valence-electron chi connectivity index (χ4n) is 1.43. The molecule has 1 saturated heterocycles. The van der Waals surface area contributed by atoms with E-state index in [-0.39, 0.29) is 0 Å². The second-order valence-corrected chi connectivity index (χ2v) is 4.46. The summed E-state index contributed by atoms with van der Waals surface area (Å²) >= 11 is 11.9. The lowest BCUT2D eigenvalue weighted by molar-refractivity contribution is 0.942. The number of aliphatic imine (C=N–C) groups is 1. The van der Waals surface area contributed by atoms with Gasteiger partial charge >= 0.3 is 0 Å². The first kappa shape index (κ1) is 13.7. The number of aromatic amines is 1. The fraction of sp³-hybridized carbons (Fsp3) is 0.167. The van der Waals surface area contributed by atoms with Crippen LogP contribution in [-0.2, 0) is 0 Å². The fourth-order valence-corrected chi connectivity index (χ4v) is 1.91. The van der Waals surface area contributed by atoms with E-state index in [1.165, 1.54) is 0 Å². The molecule has 3 N–H and O–H groups in total. The van der Waals surface area contributed by atoms with Crippen LogP contribution >= 0.6 is 23.2 Å². The number of nitrogens with one attached hydrogen (secondary N) is 3. The maximum absolute atomic E-state index is 5.96. The van der Waals surface area contributed by atoms with Gasteiger partial charge in [0.1, 0.15) is 5.69 Å². The molecule has 5 nitrogen and oxygen atoms in total. The number of hydrogen-bond acceptors (Lipinski definition) is 2. The minimum atomic E-state index is 0.556. The van der Waals surface area contributed by atoms with Crippen LogP contribution in [0.15, 0.2) is 41.9 Å². The Morgan fingerprint density at radius 3 is 2.26 bits per heavy atom. The highest BCUT2D eigenvalue weighted by Crippen LogP contribution is 2.32. The first-order valence-electron chi connectivity index (χ1n) is 5.70. The molecule has 0 bridgehead atoms. The minimum absolute atomic E-state index is 0.556. The van der Waals surface area contributed by atoms with Crippen molar-refractivity contribution in [3.8, 4) is 0 Å². The molecule has 100 valence electrons. The first-order valence-corrected chi connectivity index (χ1v) is 6.46.